The Morgan fingerprint density at radius 2 is 1.73 bits per heavy atom. The second kappa shape index (κ2) is 3.44. The van der Waals surface area contributed by atoms with Crippen LogP contribution in [0, 0.1) is 0 Å². The Hall–Kier alpha value is -0.240. The van der Waals surface area contributed by atoms with Crippen LogP contribution in [-0.2, 0) is 6.42 Å². The molecule has 0 unspecified atom stereocenters. The Labute approximate surface area is 76.1 Å². The van der Waals surface area contributed by atoms with E-state index < -0.39 is 4.46 Å². The highest BCUT2D eigenvalue weighted by molar-refractivity contribution is 6.47. The van der Waals surface area contributed by atoms with Gasteiger partial charge in [0.15, 0.2) is 4.46 Å². The van der Waals surface area contributed by atoms with Crippen LogP contribution in [0.5, 0.6) is 0 Å². The zero-order valence-corrected chi connectivity index (χ0v) is 7.44. The quantitative estimate of drug-likeness (QED) is 0.562. The Morgan fingerprint density at radius 1 is 1.18 bits per heavy atom. The molecule has 0 radical (unpaired) electrons. The number of halogens is 2. The van der Waals surface area contributed by atoms with E-state index in [2.05, 4.69) is 0 Å². The lowest BCUT2D eigenvalue weighted by Crippen LogP contribution is -2.28. The van der Waals surface area contributed by atoms with E-state index in [1.165, 1.54) is 0 Å². The summed E-state index contributed by atoms with van der Waals surface area (Å²) in [6.45, 7) is 0. The predicted molar refractivity (Wildman–Crippen MR) is 48.8 cm³/mol. The second-order valence-corrected chi connectivity index (χ2v) is 3.97. The molecule has 0 aliphatic carbocycles. The van der Waals surface area contributed by atoms with Gasteiger partial charge in [-0.3, -0.25) is 5.73 Å². The molecule has 0 bridgehead atoms. The topological polar surface area (TPSA) is 26.0 Å². The molecule has 0 saturated heterocycles. The van der Waals surface area contributed by atoms with Crippen molar-refractivity contribution in [3.63, 3.8) is 0 Å². The molecule has 3 heteroatoms. The monoisotopic (exact) mass is 189 g/mol. The average Bonchev–Trinajstić information content (AvgIpc) is 1.85. The first kappa shape index (κ1) is 8.85. The Bertz CT molecular complexity index is 215. The van der Waals surface area contributed by atoms with Gasteiger partial charge in [0, 0.05) is 6.42 Å². The summed E-state index contributed by atoms with van der Waals surface area (Å²) in [7, 11) is 0. The fraction of sp³-hybridized carbons (Fsp3) is 0.250. The van der Waals surface area contributed by atoms with E-state index >= 15 is 0 Å². The van der Waals surface area contributed by atoms with Crippen molar-refractivity contribution in [3.05, 3.63) is 35.9 Å². The molecule has 0 fully saturated rings. The normalized spacial score (nSPS) is 11.5. The number of alkyl halides is 2. The van der Waals surface area contributed by atoms with Crippen molar-refractivity contribution < 1.29 is 0 Å². The molecule has 1 nitrogen and oxygen atoms in total. The van der Waals surface area contributed by atoms with Gasteiger partial charge in [0.2, 0.25) is 0 Å². The summed E-state index contributed by atoms with van der Waals surface area (Å²) in [6, 6.07) is 9.66. The predicted octanol–water partition coefficient (Wildman–Crippen LogP) is 2.32. The maximum atomic E-state index is 5.61. The zero-order chi connectivity index (χ0) is 8.32. The maximum absolute atomic E-state index is 5.61. The van der Waals surface area contributed by atoms with Crippen LogP contribution in [0.2, 0.25) is 0 Å². The van der Waals surface area contributed by atoms with Crippen molar-refractivity contribution in [1.29, 1.82) is 0 Å². The molecule has 0 aliphatic heterocycles. The van der Waals surface area contributed by atoms with Crippen LogP contribution in [-0.4, -0.2) is 4.46 Å². The fourth-order valence-corrected chi connectivity index (χ4v) is 1.18. The summed E-state index contributed by atoms with van der Waals surface area (Å²) in [6.07, 6.45) is 0.469. The number of hydrogen-bond donors (Lipinski definition) is 1. The Balaban J connectivity index is 2.66. The van der Waals surface area contributed by atoms with Gasteiger partial charge in [0.1, 0.15) is 0 Å². The molecule has 1 aromatic carbocycles. The van der Waals surface area contributed by atoms with E-state index in [9.17, 15) is 0 Å². The average molecular weight is 190 g/mol. The molecule has 0 heterocycles. The lowest BCUT2D eigenvalue weighted by molar-refractivity contribution is 0.812. The highest BCUT2D eigenvalue weighted by atomic mass is 35.5. The van der Waals surface area contributed by atoms with Gasteiger partial charge in [-0.1, -0.05) is 53.5 Å². The molecule has 1 aromatic rings. The van der Waals surface area contributed by atoms with Crippen LogP contribution in [0.15, 0.2) is 30.3 Å². The maximum Gasteiger partial charge on any atom is 0.170 e. The van der Waals surface area contributed by atoms with Crippen molar-refractivity contribution in [2.24, 2.45) is 5.73 Å². The standard InChI is InChI=1S/C8H9Cl2N/c9-8(10,11)6-7-4-2-1-3-5-7/h1-5H,6,11H2. The molecule has 2 N–H and O–H groups in total. The molecule has 0 saturated carbocycles. The van der Waals surface area contributed by atoms with Crippen LogP contribution < -0.4 is 5.73 Å². The summed E-state index contributed by atoms with van der Waals surface area (Å²) in [5.41, 5.74) is 6.44. The third-order valence-corrected chi connectivity index (χ3v) is 1.55. The molecular formula is C8H9Cl2N. The van der Waals surface area contributed by atoms with E-state index in [1.54, 1.807) is 0 Å². The number of benzene rings is 1. The van der Waals surface area contributed by atoms with Crippen molar-refractivity contribution in [1.82, 2.24) is 0 Å². The minimum Gasteiger partial charge on any atom is -0.300 e. The van der Waals surface area contributed by atoms with E-state index in [4.69, 9.17) is 28.9 Å². The lowest BCUT2D eigenvalue weighted by atomic mass is 10.1. The van der Waals surface area contributed by atoms with Gasteiger partial charge in [-0.15, -0.1) is 0 Å². The molecular weight excluding hydrogens is 181 g/mol. The number of nitrogens with two attached hydrogens (primary N) is 1. The first-order valence-electron chi connectivity index (χ1n) is 3.28. The van der Waals surface area contributed by atoms with Crippen LogP contribution >= 0.6 is 23.2 Å². The van der Waals surface area contributed by atoms with Gasteiger partial charge in [-0.2, -0.15) is 0 Å². The first-order chi connectivity index (χ1) is 5.08. The fourth-order valence-electron chi connectivity index (χ4n) is 0.868. The minimum absolute atomic E-state index is 0.469. The molecule has 0 atom stereocenters. The Morgan fingerprint density at radius 3 is 2.18 bits per heavy atom. The van der Waals surface area contributed by atoms with Crippen molar-refractivity contribution in [2.45, 2.75) is 10.9 Å². The first-order valence-corrected chi connectivity index (χ1v) is 4.04. The molecule has 0 aliphatic rings. The minimum atomic E-state index is -1.15. The van der Waals surface area contributed by atoms with Gasteiger partial charge in [0.25, 0.3) is 0 Å². The lowest BCUT2D eigenvalue weighted by Gasteiger charge is -2.12. The SMILES string of the molecule is NC(Cl)(Cl)Cc1ccccc1. The summed E-state index contributed by atoms with van der Waals surface area (Å²) >= 11 is 11.2. The molecule has 0 amide bonds. The summed E-state index contributed by atoms with van der Waals surface area (Å²) in [4.78, 5) is 0. The summed E-state index contributed by atoms with van der Waals surface area (Å²) < 4.78 is -1.15. The van der Waals surface area contributed by atoms with Crippen LogP contribution in [0.25, 0.3) is 0 Å². The number of hydrogen-bond acceptors (Lipinski definition) is 1. The molecule has 0 spiro atoms. The van der Waals surface area contributed by atoms with Gasteiger partial charge >= 0.3 is 0 Å². The van der Waals surface area contributed by atoms with Crippen molar-refractivity contribution in [2.75, 3.05) is 0 Å². The van der Waals surface area contributed by atoms with Gasteiger partial charge < -0.3 is 0 Å². The molecule has 1 rings (SSSR count). The van der Waals surface area contributed by atoms with Crippen molar-refractivity contribution >= 4 is 23.2 Å². The van der Waals surface area contributed by atoms with E-state index in [1.807, 2.05) is 30.3 Å². The van der Waals surface area contributed by atoms with Crippen LogP contribution in [0.3, 0.4) is 0 Å². The van der Waals surface area contributed by atoms with Gasteiger partial charge in [-0.25, -0.2) is 0 Å². The third kappa shape index (κ3) is 3.61. The second-order valence-electron chi connectivity index (χ2n) is 2.42. The number of rotatable bonds is 2. The highest BCUT2D eigenvalue weighted by Gasteiger charge is 2.16. The molecule has 60 valence electrons. The van der Waals surface area contributed by atoms with Crippen LogP contribution in [0.1, 0.15) is 5.56 Å². The molecule has 0 aromatic heterocycles. The smallest absolute Gasteiger partial charge is 0.170 e. The zero-order valence-electron chi connectivity index (χ0n) is 5.93. The van der Waals surface area contributed by atoms with Gasteiger partial charge in [0.05, 0.1) is 0 Å². The van der Waals surface area contributed by atoms with E-state index in [-0.39, 0.29) is 0 Å². The Kier molecular flexibility index (Phi) is 2.77. The van der Waals surface area contributed by atoms with Gasteiger partial charge in [-0.05, 0) is 5.56 Å². The molecule has 11 heavy (non-hydrogen) atoms. The summed E-state index contributed by atoms with van der Waals surface area (Å²) in [5, 5.41) is 0. The summed E-state index contributed by atoms with van der Waals surface area (Å²) in [5.74, 6) is 0. The van der Waals surface area contributed by atoms with E-state index in [0.29, 0.717) is 6.42 Å². The third-order valence-electron chi connectivity index (χ3n) is 1.28. The van der Waals surface area contributed by atoms with Crippen LogP contribution in [0.4, 0.5) is 0 Å². The largest absolute Gasteiger partial charge is 0.300 e. The van der Waals surface area contributed by atoms with Crippen molar-refractivity contribution in [3.8, 4) is 0 Å². The highest BCUT2D eigenvalue weighted by Crippen LogP contribution is 2.18. The van der Waals surface area contributed by atoms with E-state index in [0.717, 1.165) is 5.56 Å².